The van der Waals surface area contributed by atoms with Crippen LogP contribution in [0.3, 0.4) is 0 Å². The Labute approximate surface area is 96.3 Å². The highest BCUT2D eigenvalue weighted by molar-refractivity contribution is 7.19. The number of hydrogen-bond donors (Lipinski definition) is 2. The molecule has 0 aliphatic heterocycles. The number of carbonyl (C=O) groups excluding carboxylic acids is 1. The lowest BCUT2D eigenvalue weighted by Gasteiger charge is -1.97. The highest BCUT2D eigenvalue weighted by Gasteiger charge is 2.05. The summed E-state index contributed by atoms with van der Waals surface area (Å²) in [6.07, 6.45) is 4.98. The number of carbonyl (C=O) groups is 1. The zero-order valence-electron chi connectivity index (χ0n) is 8.60. The average molecular weight is 234 g/mol. The summed E-state index contributed by atoms with van der Waals surface area (Å²) in [5, 5.41) is 3.20. The summed E-state index contributed by atoms with van der Waals surface area (Å²) in [6.45, 7) is 1.45. The fourth-order valence-corrected chi connectivity index (χ4v) is 2.05. The van der Waals surface area contributed by atoms with Gasteiger partial charge in [0.2, 0.25) is 5.91 Å². The monoisotopic (exact) mass is 234 g/mol. The summed E-state index contributed by atoms with van der Waals surface area (Å²) in [6, 6.07) is 1.82. The molecule has 6 heteroatoms. The molecule has 0 aromatic carbocycles. The van der Waals surface area contributed by atoms with Crippen molar-refractivity contribution in [2.24, 2.45) is 0 Å². The Morgan fingerprint density at radius 3 is 2.94 bits per heavy atom. The number of nitrogen functional groups attached to an aromatic ring is 1. The molecule has 0 atom stereocenters. The second-order valence-electron chi connectivity index (χ2n) is 3.22. The molecule has 2 rings (SSSR count). The van der Waals surface area contributed by atoms with Crippen molar-refractivity contribution in [3.8, 4) is 10.4 Å². The van der Waals surface area contributed by atoms with Gasteiger partial charge in [0, 0.05) is 31.1 Å². The van der Waals surface area contributed by atoms with Crippen LogP contribution in [0.4, 0.5) is 10.8 Å². The molecule has 2 aromatic rings. The number of nitrogens with one attached hydrogen (secondary N) is 1. The van der Waals surface area contributed by atoms with Gasteiger partial charge in [-0.25, -0.2) is 4.98 Å². The van der Waals surface area contributed by atoms with E-state index in [1.807, 2.05) is 6.07 Å². The van der Waals surface area contributed by atoms with Crippen LogP contribution < -0.4 is 11.1 Å². The van der Waals surface area contributed by atoms with Gasteiger partial charge in [-0.2, -0.15) is 0 Å². The molecule has 0 fully saturated rings. The quantitative estimate of drug-likeness (QED) is 0.829. The largest absolute Gasteiger partial charge is 0.397 e. The zero-order chi connectivity index (χ0) is 11.5. The summed E-state index contributed by atoms with van der Waals surface area (Å²) in [5.74, 6) is -0.133. The van der Waals surface area contributed by atoms with Gasteiger partial charge in [-0.1, -0.05) is 11.3 Å². The molecule has 0 spiro atoms. The predicted molar refractivity (Wildman–Crippen MR) is 64.1 cm³/mol. The van der Waals surface area contributed by atoms with E-state index < -0.39 is 0 Å². The van der Waals surface area contributed by atoms with Crippen LogP contribution in [0.5, 0.6) is 0 Å². The summed E-state index contributed by atoms with van der Waals surface area (Å²) in [5.41, 5.74) is 7.14. The van der Waals surface area contributed by atoms with E-state index in [0.29, 0.717) is 10.8 Å². The molecular formula is C10H10N4OS. The molecule has 1 amide bonds. The van der Waals surface area contributed by atoms with Gasteiger partial charge in [0.15, 0.2) is 5.13 Å². The van der Waals surface area contributed by atoms with Gasteiger partial charge < -0.3 is 11.1 Å². The van der Waals surface area contributed by atoms with E-state index in [0.717, 1.165) is 10.4 Å². The fourth-order valence-electron chi connectivity index (χ4n) is 1.21. The van der Waals surface area contributed by atoms with Gasteiger partial charge in [0.1, 0.15) is 0 Å². The Kier molecular flexibility index (Phi) is 2.82. The van der Waals surface area contributed by atoms with Crippen LogP contribution >= 0.6 is 11.3 Å². The Morgan fingerprint density at radius 2 is 2.25 bits per heavy atom. The highest BCUT2D eigenvalue weighted by atomic mass is 32.1. The minimum atomic E-state index is -0.133. The zero-order valence-corrected chi connectivity index (χ0v) is 9.41. The third-order valence-corrected chi connectivity index (χ3v) is 2.79. The SMILES string of the molecule is CC(=O)Nc1ncc(-c2cncc(N)c2)s1. The van der Waals surface area contributed by atoms with E-state index in [9.17, 15) is 4.79 Å². The van der Waals surface area contributed by atoms with E-state index in [4.69, 9.17) is 5.73 Å². The second kappa shape index (κ2) is 4.28. The molecule has 0 aliphatic carbocycles. The van der Waals surface area contributed by atoms with Gasteiger partial charge in [0.05, 0.1) is 10.6 Å². The number of aromatic nitrogens is 2. The molecular weight excluding hydrogens is 224 g/mol. The average Bonchev–Trinajstić information content (AvgIpc) is 2.65. The lowest BCUT2D eigenvalue weighted by molar-refractivity contribution is -0.114. The maximum atomic E-state index is 10.8. The van der Waals surface area contributed by atoms with Crippen molar-refractivity contribution >= 4 is 28.1 Å². The number of amides is 1. The Morgan fingerprint density at radius 1 is 1.44 bits per heavy atom. The number of rotatable bonds is 2. The van der Waals surface area contributed by atoms with E-state index in [1.165, 1.54) is 18.3 Å². The Balaban J connectivity index is 2.28. The van der Waals surface area contributed by atoms with Gasteiger partial charge in [-0.05, 0) is 6.07 Å². The molecule has 5 nitrogen and oxygen atoms in total. The van der Waals surface area contributed by atoms with Crippen molar-refractivity contribution < 1.29 is 4.79 Å². The molecule has 0 saturated heterocycles. The number of nitrogens with two attached hydrogens (primary N) is 1. The minimum Gasteiger partial charge on any atom is -0.397 e. The maximum absolute atomic E-state index is 10.8. The number of hydrogen-bond acceptors (Lipinski definition) is 5. The highest BCUT2D eigenvalue weighted by Crippen LogP contribution is 2.29. The lowest BCUT2D eigenvalue weighted by atomic mass is 10.2. The third-order valence-electron chi connectivity index (χ3n) is 1.83. The number of anilines is 2. The molecule has 0 unspecified atom stereocenters. The summed E-state index contributed by atoms with van der Waals surface area (Å²) >= 11 is 1.38. The van der Waals surface area contributed by atoms with Crippen molar-refractivity contribution in [3.05, 3.63) is 24.7 Å². The van der Waals surface area contributed by atoms with Crippen molar-refractivity contribution in [2.45, 2.75) is 6.92 Å². The Bertz CT molecular complexity index is 523. The van der Waals surface area contributed by atoms with Crippen LogP contribution in [0.1, 0.15) is 6.92 Å². The third kappa shape index (κ3) is 2.34. The van der Waals surface area contributed by atoms with Gasteiger partial charge in [-0.15, -0.1) is 0 Å². The van der Waals surface area contributed by atoms with Crippen LogP contribution in [0, 0.1) is 0 Å². The number of nitrogens with zero attached hydrogens (tertiary/aromatic N) is 2. The van der Waals surface area contributed by atoms with Crippen LogP contribution in [0.15, 0.2) is 24.7 Å². The fraction of sp³-hybridized carbons (Fsp3) is 0.100. The van der Waals surface area contributed by atoms with Crippen LogP contribution in [0.2, 0.25) is 0 Å². The first-order valence-corrected chi connectivity index (χ1v) is 5.41. The molecule has 16 heavy (non-hydrogen) atoms. The summed E-state index contributed by atoms with van der Waals surface area (Å²) in [4.78, 5) is 19.8. The Hall–Kier alpha value is -1.95. The van der Waals surface area contributed by atoms with Crippen molar-refractivity contribution in [3.63, 3.8) is 0 Å². The standard InChI is InChI=1S/C10H10N4OS/c1-6(15)14-10-13-5-9(16-10)7-2-8(11)4-12-3-7/h2-5H,11H2,1H3,(H,13,14,15). The predicted octanol–water partition coefficient (Wildman–Crippen LogP) is 1.75. The first kappa shape index (κ1) is 10.6. The van der Waals surface area contributed by atoms with Crippen LogP contribution in [-0.4, -0.2) is 15.9 Å². The smallest absolute Gasteiger partial charge is 0.223 e. The topological polar surface area (TPSA) is 80.9 Å². The first-order chi connectivity index (χ1) is 7.65. The second-order valence-corrected chi connectivity index (χ2v) is 4.25. The molecule has 2 aromatic heterocycles. The number of thiazole rings is 1. The molecule has 0 aliphatic rings. The minimum absolute atomic E-state index is 0.133. The maximum Gasteiger partial charge on any atom is 0.223 e. The van der Waals surface area contributed by atoms with Crippen molar-refractivity contribution in [1.82, 2.24) is 9.97 Å². The van der Waals surface area contributed by atoms with E-state index in [2.05, 4.69) is 15.3 Å². The molecule has 0 radical (unpaired) electrons. The molecule has 3 N–H and O–H groups in total. The lowest BCUT2D eigenvalue weighted by Crippen LogP contribution is -2.04. The van der Waals surface area contributed by atoms with Crippen LogP contribution in [0.25, 0.3) is 10.4 Å². The van der Waals surface area contributed by atoms with E-state index in [1.54, 1.807) is 18.6 Å². The molecule has 0 bridgehead atoms. The number of pyridine rings is 1. The molecule has 2 heterocycles. The van der Waals surface area contributed by atoms with Crippen molar-refractivity contribution in [1.29, 1.82) is 0 Å². The molecule has 82 valence electrons. The van der Waals surface area contributed by atoms with Crippen molar-refractivity contribution in [2.75, 3.05) is 11.1 Å². The normalized spacial score (nSPS) is 10.1. The van der Waals surface area contributed by atoms with Gasteiger partial charge in [-0.3, -0.25) is 9.78 Å². The summed E-state index contributed by atoms with van der Waals surface area (Å²) < 4.78 is 0. The summed E-state index contributed by atoms with van der Waals surface area (Å²) in [7, 11) is 0. The molecule has 0 saturated carbocycles. The van der Waals surface area contributed by atoms with Gasteiger partial charge in [0.25, 0.3) is 0 Å². The van der Waals surface area contributed by atoms with Gasteiger partial charge >= 0.3 is 0 Å². The van der Waals surface area contributed by atoms with E-state index >= 15 is 0 Å². The van der Waals surface area contributed by atoms with Crippen LogP contribution in [-0.2, 0) is 4.79 Å². The van der Waals surface area contributed by atoms with E-state index in [-0.39, 0.29) is 5.91 Å². The first-order valence-electron chi connectivity index (χ1n) is 4.59.